The molecule has 2 aromatic carbocycles. The molecule has 0 saturated heterocycles. The largest absolute Gasteiger partial charge is 0.491 e. The number of hydrogen-bond donors (Lipinski definition) is 2. The summed E-state index contributed by atoms with van der Waals surface area (Å²) in [5.74, 6) is 0.924. The molecule has 0 fully saturated rings. The highest BCUT2D eigenvalue weighted by Crippen LogP contribution is 2.16. The fourth-order valence-electron chi connectivity index (χ4n) is 2.32. The van der Waals surface area contributed by atoms with E-state index in [1.165, 1.54) is 5.56 Å². The summed E-state index contributed by atoms with van der Waals surface area (Å²) in [6.45, 7) is 5.29. The SMILES string of the molecule is CC(C)Oc1ccc(NCCC(=O)NCCc2ccccc2)cc1. The first kappa shape index (κ1) is 17.9. The molecule has 0 aromatic heterocycles. The van der Waals surface area contributed by atoms with Crippen molar-refractivity contribution < 1.29 is 9.53 Å². The molecule has 0 radical (unpaired) electrons. The second-order valence-electron chi connectivity index (χ2n) is 5.95. The van der Waals surface area contributed by atoms with Crippen molar-refractivity contribution in [3.8, 4) is 5.75 Å². The van der Waals surface area contributed by atoms with Crippen LogP contribution in [0.5, 0.6) is 5.75 Å². The standard InChI is InChI=1S/C20H26N2O2/c1-16(2)24-19-10-8-18(9-11-19)21-15-13-20(23)22-14-12-17-6-4-3-5-7-17/h3-11,16,21H,12-15H2,1-2H3,(H,22,23). The fraction of sp³-hybridized carbons (Fsp3) is 0.350. The van der Waals surface area contributed by atoms with Gasteiger partial charge in [-0.05, 0) is 50.1 Å². The van der Waals surface area contributed by atoms with Crippen LogP contribution in [0.4, 0.5) is 5.69 Å². The summed E-state index contributed by atoms with van der Waals surface area (Å²) >= 11 is 0. The number of hydrogen-bond acceptors (Lipinski definition) is 3. The van der Waals surface area contributed by atoms with Gasteiger partial charge < -0.3 is 15.4 Å². The summed E-state index contributed by atoms with van der Waals surface area (Å²) in [6, 6.07) is 18.0. The van der Waals surface area contributed by atoms with E-state index in [-0.39, 0.29) is 12.0 Å². The molecule has 0 aliphatic carbocycles. The highest BCUT2D eigenvalue weighted by Gasteiger charge is 2.02. The number of rotatable bonds is 9. The number of nitrogens with one attached hydrogen (secondary N) is 2. The molecule has 1 amide bonds. The smallest absolute Gasteiger partial charge is 0.221 e. The van der Waals surface area contributed by atoms with E-state index in [0.29, 0.717) is 19.5 Å². The maximum absolute atomic E-state index is 11.8. The Morgan fingerprint density at radius 2 is 1.71 bits per heavy atom. The van der Waals surface area contributed by atoms with Crippen molar-refractivity contribution in [1.82, 2.24) is 5.32 Å². The van der Waals surface area contributed by atoms with Crippen molar-refractivity contribution in [1.29, 1.82) is 0 Å². The molecule has 0 unspecified atom stereocenters. The number of ether oxygens (including phenoxy) is 1. The Hall–Kier alpha value is -2.49. The van der Waals surface area contributed by atoms with E-state index in [1.807, 2.05) is 56.3 Å². The quantitative estimate of drug-likeness (QED) is 0.740. The zero-order chi connectivity index (χ0) is 17.2. The predicted octanol–water partition coefficient (Wildman–Crippen LogP) is 3.63. The van der Waals surface area contributed by atoms with Gasteiger partial charge in [0.05, 0.1) is 6.10 Å². The molecule has 0 aliphatic rings. The van der Waals surface area contributed by atoms with E-state index in [1.54, 1.807) is 0 Å². The Balaban J connectivity index is 1.62. The van der Waals surface area contributed by atoms with Crippen LogP contribution < -0.4 is 15.4 Å². The highest BCUT2D eigenvalue weighted by atomic mass is 16.5. The second-order valence-corrected chi connectivity index (χ2v) is 5.95. The van der Waals surface area contributed by atoms with Gasteiger partial charge in [-0.1, -0.05) is 30.3 Å². The average Bonchev–Trinajstić information content (AvgIpc) is 2.57. The number of carbonyl (C=O) groups excluding carboxylic acids is 1. The van der Waals surface area contributed by atoms with Gasteiger partial charge in [0.15, 0.2) is 0 Å². The summed E-state index contributed by atoms with van der Waals surface area (Å²) in [5.41, 5.74) is 2.22. The number of benzene rings is 2. The lowest BCUT2D eigenvalue weighted by atomic mass is 10.1. The van der Waals surface area contributed by atoms with Gasteiger partial charge in [0.1, 0.15) is 5.75 Å². The third-order valence-electron chi connectivity index (χ3n) is 3.49. The zero-order valence-corrected chi connectivity index (χ0v) is 14.4. The first-order chi connectivity index (χ1) is 11.6. The zero-order valence-electron chi connectivity index (χ0n) is 14.4. The third kappa shape index (κ3) is 6.73. The van der Waals surface area contributed by atoms with Crippen LogP contribution in [0.1, 0.15) is 25.8 Å². The molecule has 2 rings (SSSR count). The van der Waals surface area contributed by atoms with Gasteiger partial charge >= 0.3 is 0 Å². The molecule has 0 bridgehead atoms. The van der Waals surface area contributed by atoms with Crippen molar-refractivity contribution in [3.05, 3.63) is 60.2 Å². The van der Waals surface area contributed by atoms with Crippen LogP contribution in [-0.4, -0.2) is 25.1 Å². The third-order valence-corrected chi connectivity index (χ3v) is 3.49. The molecule has 0 atom stereocenters. The van der Waals surface area contributed by atoms with Gasteiger partial charge in [0.25, 0.3) is 0 Å². The number of anilines is 1. The van der Waals surface area contributed by atoms with Crippen LogP contribution in [0.15, 0.2) is 54.6 Å². The van der Waals surface area contributed by atoms with Crippen LogP contribution in [0.25, 0.3) is 0 Å². The lowest BCUT2D eigenvalue weighted by molar-refractivity contribution is -0.120. The summed E-state index contributed by atoms with van der Waals surface area (Å²) in [5, 5.41) is 6.20. The molecule has 2 aromatic rings. The Kier molecular flexibility index (Phi) is 7.15. The molecule has 0 aliphatic heterocycles. The van der Waals surface area contributed by atoms with Crippen LogP contribution >= 0.6 is 0 Å². The van der Waals surface area contributed by atoms with Gasteiger partial charge in [-0.25, -0.2) is 0 Å². The molecule has 128 valence electrons. The Labute approximate surface area is 144 Å². The Morgan fingerprint density at radius 1 is 1.00 bits per heavy atom. The minimum Gasteiger partial charge on any atom is -0.491 e. The first-order valence-corrected chi connectivity index (χ1v) is 8.44. The maximum atomic E-state index is 11.8. The summed E-state index contributed by atoms with van der Waals surface area (Å²) < 4.78 is 5.60. The van der Waals surface area contributed by atoms with Crippen LogP contribution in [0.3, 0.4) is 0 Å². The molecule has 24 heavy (non-hydrogen) atoms. The van der Waals surface area contributed by atoms with E-state index in [2.05, 4.69) is 22.8 Å². The molecule has 0 heterocycles. The van der Waals surface area contributed by atoms with Gasteiger partial charge in [-0.3, -0.25) is 4.79 Å². The van der Waals surface area contributed by atoms with E-state index >= 15 is 0 Å². The summed E-state index contributed by atoms with van der Waals surface area (Å²) in [6.07, 6.45) is 1.49. The molecule has 4 heteroatoms. The van der Waals surface area contributed by atoms with Crippen molar-refractivity contribution >= 4 is 11.6 Å². The molecule has 0 spiro atoms. The Morgan fingerprint density at radius 3 is 2.38 bits per heavy atom. The average molecular weight is 326 g/mol. The van der Waals surface area contributed by atoms with Gasteiger partial charge in [-0.2, -0.15) is 0 Å². The Bertz CT molecular complexity index is 609. The topological polar surface area (TPSA) is 50.4 Å². The monoisotopic (exact) mass is 326 g/mol. The maximum Gasteiger partial charge on any atom is 0.221 e. The minimum atomic E-state index is 0.0678. The van der Waals surface area contributed by atoms with Crippen LogP contribution in [0, 0.1) is 0 Å². The fourth-order valence-corrected chi connectivity index (χ4v) is 2.32. The van der Waals surface area contributed by atoms with E-state index in [9.17, 15) is 4.79 Å². The van der Waals surface area contributed by atoms with E-state index < -0.39 is 0 Å². The minimum absolute atomic E-state index is 0.0678. The lowest BCUT2D eigenvalue weighted by Crippen LogP contribution is -2.27. The number of carbonyl (C=O) groups is 1. The van der Waals surface area contributed by atoms with E-state index in [0.717, 1.165) is 17.9 Å². The van der Waals surface area contributed by atoms with Crippen LogP contribution in [-0.2, 0) is 11.2 Å². The van der Waals surface area contributed by atoms with Crippen LogP contribution in [0.2, 0.25) is 0 Å². The normalized spacial score (nSPS) is 10.5. The first-order valence-electron chi connectivity index (χ1n) is 8.44. The number of amides is 1. The summed E-state index contributed by atoms with van der Waals surface area (Å²) in [7, 11) is 0. The van der Waals surface area contributed by atoms with Crippen molar-refractivity contribution in [2.75, 3.05) is 18.4 Å². The molecular formula is C20H26N2O2. The van der Waals surface area contributed by atoms with Gasteiger partial charge in [0.2, 0.25) is 5.91 Å². The van der Waals surface area contributed by atoms with Crippen molar-refractivity contribution in [2.24, 2.45) is 0 Å². The second kappa shape index (κ2) is 9.60. The van der Waals surface area contributed by atoms with E-state index in [4.69, 9.17) is 4.74 Å². The van der Waals surface area contributed by atoms with Crippen molar-refractivity contribution in [2.45, 2.75) is 32.8 Å². The summed E-state index contributed by atoms with van der Waals surface area (Å²) in [4.78, 5) is 11.8. The molecule has 2 N–H and O–H groups in total. The molecular weight excluding hydrogens is 300 g/mol. The van der Waals surface area contributed by atoms with Crippen molar-refractivity contribution in [3.63, 3.8) is 0 Å². The molecule has 4 nitrogen and oxygen atoms in total. The van der Waals surface area contributed by atoms with Gasteiger partial charge in [0, 0.05) is 25.2 Å². The predicted molar refractivity (Wildman–Crippen MR) is 98.5 cm³/mol. The lowest BCUT2D eigenvalue weighted by Gasteiger charge is -2.11. The van der Waals surface area contributed by atoms with Gasteiger partial charge in [-0.15, -0.1) is 0 Å². The molecule has 0 saturated carbocycles. The highest BCUT2D eigenvalue weighted by molar-refractivity contribution is 5.76.